The number of aromatic nitrogens is 1. The van der Waals surface area contributed by atoms with Gasteiger partial charge in [-0.25, -0.2) is 0 Å². The molecule has 4 rings (SSSR count). The molecule has 1 aromatic carbocycles. The molecule has 5 nitrogen and oxygen atoms in total. The summed E-state index contributed by atoms with van der Waals surface area (Å²) in [6.07, 6.45) is 6.66. The summed E-state index contributed by atoms with van der Waals surface area (Å²) in [4.78, 5) is 22.0. The number of halogens is 2. The molecule has 2 aliphatic rings. The lowest BCUT2D eigenvalue weighted by molar-refractivity contribution is 0.0569. The minimum absolute atomic E-state index is 0. The van der Waals surface area contributed by atoms with Gasteiger partial charge in [0, 0.05) is 37.1 Å². The van der Waals surface area contributed by atoms with Gasteiger partial charge in [0.2, 0.25) is 0 Å². The van der Waals surface area contributed by atoms with Crippen LogP contribution in [0.4, 0.5) is 0 Å². The smallest absolute Gasteiger partial charge is 0.254 e. The molecule has 7 heteroatoms. The normalized spacial score (nSPS) is 16.9. The van der Waals surface area contributed by atoms with Gasteiger partial charge in [0.15, 0.2) is 0 Å². The van der Waals surface area contributed by atoms with E-state index in [1.165, 1.54) is 11.1 Å². The average molecular weight is 437 g/mol. The predicted molar refractivity (Wildman–Crippen MR) is 121 cm³/mol. The molecule has 2 aliphatic heterocycles. The molecule has 0 bridgehead atoms. The van der Waals surface area contributed by atoms with Gasteiger partial charge in [-0.05, 0) is 86.9 Å². The second kappa shape index (κ2) is 10.9. The Morgan fingerprint density at radius 1 is 1.14 bits per heavy atom. The number of nitrogens with zero attached hydrogens (tertiary/aromatic N) is 3. The van der Waals surface area contributed by atoms with Crippen molar-refractivity contribution in [2.24, 2.45) is 0 Å². The number of hydrogen-bond donors (Lipinski definition) is 1. The third-order valence-electron chi connectivity index (χ3n) is 5.83. The van der Waals surface area contributed by atoms with Crippen LogP contribution in [0, 0.1) is 0 Å². The van der Waals surface area contributed by atoms with E-state index >= 15 is 0 Å². The zero-order chi connectivity index (χ0) is 18.6. The highest BCUT2D eigenvalue weighted by Gasteiger charge is 2.28. The van der Waals surface area contributed by atoms with Gasteiger partial charge >= 0.3 is 0 Å². The fourth-order valence-corrected chi connectivity index (χ4v) is 4.13. The number of benzene rings is 1. The molecule has 158 valence electrons. The monoisotopic (exact) mass is 436 g/mol. The Morgan fingerprint density at radius 3 is 2.59 bits per heavy atom. The molecule has 29 heavy (non-hydrogen) atoms. The summed E-state index contributed by atoms with van der Waals surface area (Å²) in [5, 5.41) is 3.39. The van der Waals surface area contributed by atoms with Crippen LogP contribution in [0.15, 0.2) is 42.7 Å². The Labute approximate surface area is 185 Å². The minimum Gasteiger partial charge on any atom is -0.331 e. The van der Waals surface area contributed by atoms with E-state index in [1.807, 2.05) is 18.2 Å². The van der Waals surface area contributed by atoms with Crippen molar-refractivity contribution in [3.8, 4) is 0 Å². The number of hydrogen-bond acceptors (Lipinski definition) is 4. The quantitative estimate of drug-likeness (QED) is 0.798. The highest BCUT2D eigenvalue weighted by Crippen LogP contribution is 2.23. The molecule has 1 fully saturated rings. The zero-order valence-corrected chi connectivity index (χ0v) is 18.5. The Balaban J connectivity index is 0.00000150. The van der Waals surface area contributed by atoms with E-state index in [-0.39, 0.29) is 30.7 Å². The summed E-state index contributed by atoms with van der Waals surface area (Å²) in [5.41, 5.74) is 4.59. The first-order valence-electron chi connectivity index (χ1n) is 9.91. The summed E-state index contributed by atoms with van der Waals surface area (Å²) < 4.78 is 0. The maximum absolute atomic E-state index is 13.5. The molecule has 1 N–H and O–H groups in total. The molecular weight excluding hydrogens is 407 g/mol. The van der Waals surface area contributed by atoms with Gasteiger partial charge in [-0.1, -0.05) is 6.07 Å². The van der Waals surface area contributed by atoms with Crippen LogP contribution in [0.1, 0.15) is 39.9 Å². The molecule has 1 amide bonds. The molecule has 0 saturated carbocycles. The number of carbonyl (C=O) groups excluding carboxylic acids is 1. The van der Waals surface area contributed by atoms with Crippen LogP contribution in [0.5, 0.6) is 0 Å². The van der Waals surface area contributed by atoms with Gasteiger partial charge in [-0.15, -0.1) is 24.8 Å². The van der Waals surface area contributed by atoms with E-state index in [0.717, 1.165) is 56.6 Å². The molecular formula is C22H30Cl2N4O. The van der Waals surface area contributed by atoms with Crippen molar-refractivity contribution in [1.29, 1.82) is 0 Å². The van der Waals surface area contributed by atoms with Crippen LogP contribution in [0.25, 0.3) is 0 Å². The Hall–Kier alpha value is -1.66. The molecule has 1 aromatic heterocycles. The molecule has 0 spiro atoms. The largest absolute Gasteiger partial charge is 0.331 e. The van der Waals surface area contributed by atoms with Crippen molar-refractivity contribution >= 4 is 30.7 Å². The minimum atomic E-state index is 0. The topological polar surface area (TPSA) is 48.5 Å². The van der Waals surface area contributed by atoms with Crippen molar-refractivity contribution in [2.75, 3.05) is 26.7 Å². The first-order valence-corrected chi connectivity index (χ1v) is 9.91. The number of rotatable bonds is 4. The number of carbonyl (C=O) groups is 1. The summed E-state index contributed by atoms with van der Waals surface area (Å²) in [7, 11) is 2.16. The van der Waals surface area contributed by atoms with Gasteiger partial charge in [0.1, 0.15) is 0 Å². The Morgan fingerprint density at radius 2 is 1.86 bits per heavy atom. The molecule has 0 radical (unpaired) electrons. The van der Waals surface area contributed by atoms with E-state index in [0.29, 0.717) is 12.6 Å². The summed E-state index contributed by atoms with van der Waals surface area (Å²) in [6, 6.07) is 10.5. The van der Waals surface area contributed by atoms with Gasteiger partial charge in [0.05, 0.1) is 0 Å². The first-order chi connectivity index (χ1) is 13.2. The molecule has 3 heterocycles. The summed E-state index contributed by atoms with van der Waals surface area (Å²) >= 11 is 0. The number of likely N-dealkylation sites (tertiary alicyclic amines) is 1. The van der Waals surface area contributed by atoms with E-state index in [2.05, 4.69) is 39.3 Å². The number of piperidine rings is 1. The molecule has 0 atom stereocenters. The summed E-state index contributed by atoms with van der Waals surface area (Å²) in [5.74, 6) is 0.155. The lowest BCUT2D eigenvalue weighted by Crippen LogP contribution is -2.46. The Kier molecular flexibility index (Phi) is 8.90. The third kappa shape index (κ3) is 5.70. The SMILES string of the molecule is CN1CCC(N(Cc2ccncc2)C(=O)c2ccc3c(c2)CCNC3)CC1.Cl.Cl. The van der Waals surface area contributed by atoms with Gasteiger partial charge in [-0.3, -0.25) is 9.78 Å². The Bertz CT molecular complexity index is 795. The third-order valence-corrected chi connectivity index (χ3v) is 5.83. The van der Waals surface area contributed by atoms with Crippen molar-refractivity contribution in [1.82, 2.24) is 20.1 Å². The van der Waals surface area contributed by atoms with Crippen LogP contribution < -0.4 is 5.32 Å². The van der Waals surface area contributed by atoms with Crippen LogP contribution in [-0.2, 0) is 19.5 Å². The van der Waals surface area contributed by atoms with E-state index in [9.17, 15) is 4.79 Å². The number of amides is 1. The average Bonchev–Trinajstić information content (AvgIpc) is 2.73. The van der Waals surface area contributed by atoms with Crippen LogP contribution in [0.3, 0.4) is 0 Å². The number of fused-ring (bicyclic) bond motifs is 1. The zero-order valence-electron chi connectivity index (χ0n) is 16.8. The van der Waals surface area contributed by atoms with Crippen molar-refractivity contribution in [3.05, 3.63) is 65.0 Å². The van der Waals surface area contributed by atoms with Gasteiger partial charge in [-0.2, -0.15) is 0 Å². The highest BCUT2D eigenvalue weighted by atomic mass is 35.5. The van der Waals surface area contributed by atoms with E-state index in [4.69, 9.17) is 0 Å². The highest BCUT2D eigenvalue weighted by molar-refractivity contribution is 5.94. The molecule has 1 saturated heterocycles. The van der Waals surface area contributed by atoms with Crippen LogP contribution in [-0.4, -0.2) is 53.4 Å². The number of pyridine rings is 1. The van der Waals surface area contributed by atoms with Crippen molar-refractivity contribution < 1.29 is 4.79 Å². The van der Waals surface area contributed by atoms with Crippen LogP contribution >= 0.6 is 24.8 Å². The van der Waals surface area contributed by atoms with Crippen molar-refractivity contribution in [3.63, 3.8) is 0 Å². The molecule has 0 unspecified atom stereocenters. The predicted octanol–water partition coefficient (Wildman–Crippen LogP) is 3.31. The lowest BCUT2D eigenvalue weighted by atomic mass is 9.96. The fourth-order valence-electron chi connectivity index (χ4n) is 4.13. The van der Waals surface area contributed by atoms with Gasteiger partial charge < -0.3 is 15.1 Å². The molecule has 2 aromatic rings. The number of nitrogens with one attached hydrogen (secondary N) is 1. The van der Waals surface area contributed by atoms with Gasteiger partial charge in [0.25, 0.3) is 5.91 Å². The van der Waals surface area contributed by atoms with Crippen LogP contribution in [0.2, 0.25) is 0 Å². The van der Waals surface area contributed by atoms with E-state index < -0.39 is 0 Å². The fraction of sp³-hybridized carbons (Fsp3) is 0.455. The van der Waals surface area contributed by atoms with Crippen molar-refractivity contribution in [2.45, 2.75) is 38.4 Å². The second-order valence-corrected chi connectivity index (χ2v) is 7.73. The first kappa shape index (κ1) is 23.6. The maximum atomic E-state index is 13.5. The maximum Gasteiger partial charge on any atom is 0.254 e. The standard InChI is InChI=1S/C22H28N4O.2ClH/c1-25-12-7-21(8-13-25)26(16-17-4-9-23-10-5-17)22(27)19-2-3-20-15-24-11-6-18(20)14-19;;/h2-5,9-10,14,21,24H,6-8,11-13,15-16H2,1H3;2*1H. The summed E-state index contributed by atoms with van der Waals surface area (Å²) in [6.45, 7) is 4.62. The lowest BCUT2D eigenvalue weighted by Gasteiger charge is -2.37. The second-order valence-electron chi connectivity index (χ2n) is 7.73. The molecule has 0 aliphatic carbocycles. The van der Waals surface area contributed by atoms with E-state index in [1.54, 1.807) is 12.4 Å².